The van der Waals surface area contributed by atoms with E-state index in [-0.39, 0.29) is 6.61 Å². The van der Waals surface area contributed by atoms with Crippen molar-refractivity contribution >= 4 is 42.0 Å². The number of thiazole rings is 1. The summed E-state index contributed by atoms with van der Waals surface area (Å²) in [7, 11) is 1.83. The molecule has 1 unspecified atom stereocenters. The predicted octanol–water partition coefficient (Wildman–Crippen LogP) is 2.75. The third-order valence-electron chi connectivity index (χ3n) is 3.60. The number of alkyl halides is 1. The molecule has 2 aromatic rings. The van der Waals surface area contributed by atoms with E-state index < -0.39 is 12.8 Å². The molecule has 148 valence electrons. The monoisotopic (exact) mass is 401 g/mol. The number of halogens is 1. The zero-order chi connectivity index (χ0) is 20.4. The standard InChI is InChI=1S/C21H24FN3O2S/c1-4-18(27-14-17(26)12-22)11-19-15(2)25-21(28-19)8-6-5-7-16-9-10-20(23-3)24-13-16/h4-11,13,17,26H,2,12,14H2,1,3H3,(H,23,24)/b7-5+,8-6+,18-4+,19-11+. The van der Waals surface area contributed by atoms with Crippen LogP contribution in [-0.2, 0) is 4.74 Å². The Bertz CT molecular complexity index is 949. The molecular weight excluding hydrogens is 377 g/mol. The molecule has 28 heavy (non-hydrogen) atoms. The van der Waals surface area contributed by atoms with Gasteiger partial charge in [-0.3, -0.25) is 0 Å². The Morgan fingerprint density at radius 3 is 2.82 bits per heavy atom. The molecule has 0 bridgehead atoms. The van der Waals surface area contributed by atoms with Gasteiger partial charge in [0.2, 0.25) is 0 Å². The lowest BCUT2D eigenvalue weighted by atomic mass is 10.2. The van der Waals surface area contributed by atoms with Crippen LogP contribution in [0.25, 0.3) is 24.8 Å². The number of pyridine rings is 1. The Balaban J connectivity index is 2.04. The minimum atomic E-state index is -1.13. The maximum absolute atomic E-state index is 12.3. The first-order valence-electron chi connectivity index (χ1n) is 8.75. The van der Waals surface area contributed by atoms with Gasteiger partial charge in [-0.1, -0.05) is 24.8 Å². The second-order valence-corrected chi connectivity index (χ2v) is 6.82. The SMILES string of the molecule is C=c1nc(/C=C/C=C/c2ccc(NC)nc2)s/c1=C/C(=C\C)OCC(O)CF. The van der Waals surface area contributed by atoms with Crippen LogP contribution in [0.4, 0.5) is 10.2 Å². The highest BCUT2D eigenvalue weighted by Gasteiger charge is 2.04. The Labute approximate surface area is 167 Å². The van der Waals surface area contributed by atoms with Crippen molar-refractivity contribution in [2.75, 3.05) is 25.6 Å². The number of nitrogens with zero attached hydrogens (tertiary/aromatic N) is 2. The number of anilines is 1. The fourth-order valence-electron chi connectivity index (χ4n) is 2.10. The van der Waals surface area contributed by atoms with Gasteiger partial charge in [0.25, 0.3) is 0 Å². The number of aromatic nitrogens is 2. The van der Waals surface area contributed by atoms with Crippen LogP contribution in [-0.4, -0.2) is 41.5 Å². The largest absolute Gasteiger partial charge is 0.491 e. The summed E-state index contributed by atoms with van der Waals surface area (Å²) in [4.78, 5) is 8.67. The number of hydrogen-bond acceptors (Lipinski definition) is 6. The summed E-state index contributed by atoms with van der Waals surface area (Å²) in [5.74, 6) is 1.36. The molecule has 5 nitrogen and oxygen atoms in total. The van der Waals surface area contributed by atoms with Gasteiger partial charge in [0.1, 0.15) is 36.0 Å². The van der Waals surface area contributed by atoms with Crippen molar-refractivity contribution in [3.05, 3.63) is 62.8 Å². The number of hydrogen-bond donors (Lipinski definition) is 2. The maximum atomic E-state index is 12.3. The highest BCUT2D eigenvalue weighted by atomic mass is 32.1. The van der Waals surface area contributed by atoms with Gasteiger partial charge in [-0.15, -0.1) is 11.3 Å². The highest BCUT2D eigenvalue weighted by molar-refractivity contribution is 7.10. The van der Waals surface area contributed by atoms with E-state index >= 15 is 0 Å². The van der Waals surface area contributed by atoms with E-state index in [2.05, 4.69) is 21.9 Å². The quantitative estimate of drug-likeness (QED) is 0.500. The molecule has 0 aliphatic carbocycles. The molecule has 7 heteroatoms. The minimum absolute atomic E-state index is 0.0976. The first-order valence-corrected chi connectivity index (χ1v) is 9.56. The fourth-order valence-corrected chi connectivity index (χ4v) is 2.96. The van der Waals surface area contributed by atoms with Crippen LogP contribution < -0.4 is 15.2 Å². The van der Waals surface area contributed by atoms with E-state index in [0.717, 1.165) is 20.9 Å². The molecule has 0 saturated carbocycles. The third-order valence-corrected chi connectivity index (χ3v) is 4.61. The van der Waals surface area contributed by atoms with Crippen LogP contribution in [0.15, 0.2) is 42.3 Å². The summed E-state index contributed by atoms with van der Waals surface area (Å²) < 4.78 is 18.6. The average molecular weight is 402 g/mol. The maximum Gasteiger partial charge on any atom is 0.125 e. The first-order chi connectivity index (χ1) is 13.5. The van der Waals surface area contributed by atoms with Crippen LogP contribution in [0.5, 0.6) is 0 Å². The van der Waals surface area contributed by atoms with Crippen LogP contribution in [0.3, 0.4) is 0 Å². The van der Waals surface area contributed by atoms with Gasteiger partial charge >= 0.3 is 0 Å². The fraction of sp³-hybridized carbons (Fsp3) is 0.238. The Hall–Kier alpha value is -2.77. The van der Waals surface area contributed by atoms with Crippen LogP contribution in [0, 0.1) is 0 Å². The third kappa shape index (κ3) is 6.75. The molecule has 0 spiro atoms. The lowest BCUT2D eigenvalue weighted by Crippen LogP contribution is -2.20. The number of nitrogens with one attached hydrogen (secondary N) is 1. The van der Waals surface area contributed by atoms with Gasteiger partial charge in [0, 0.05) is 13.2 Å². The molecular formula is C21H24FN3O2S. The van der Waals surface area contributed by atoms with E-state index in [4.69, 9.17) is 4.74 Å². The predicted molar refractivity (Wildman–Crippen MR) is 115 cm³/mol. The van der Waals surface area contributed by atoms with Crippen molar-refractivity contribution in [2.24, 2.45) is 0 Å². The Morgan fingerprint density at radius 2 is 2.18 bits per heavy atom. The van der Waals surface area contributed by atoms with Crippen molar-refractivity contribution in [3.8, 4) is 0 Å². The Morgan fingerprint density at radius 1 is 1.39 bits per heavy atom. The van der Waals surface area contributed by atoms with Crippen molar-refractivity contribution in [3.63, 3.8) is 0 Å². The molecule has 2 heterocycles. The van der Waals surface area contributed by atoms with E-state index in [9.17, 15) is 9.50 Å². The van der Waals surface area contributed by atoms with Crippen LogP contribution >= 0.6 is 11.3 Å². The number of rotatable bonds is 9. The van der Waals surface area contributed by atoms with E-state index in [1.807, 2.05) is 43.5 Å². The number of ether oxygens (including phenoxy) is 1. The summed E-state index contributed by atoms with van der Waals surface area (Å²) in [5.41, 5.74) is 1.000. The van der Waals surface area contributed by atoms with Gasteiger partial charge in [0.05, 0.1) is 9.88 Å². The molecule has 0 radical (unpaired) electrons. The lowest BCUT2D eigenvalue weighted by molar-refractivity contribution is 0.0590. The zero-order valence-electron chi connectivity index (χ0n) is 15.9. The van der Waals surface area contributed by atoms with E-state index in [1.54, 1.807) is 25.3 Å². The summed E-state index contributed by atoms with van der Waals surface area (Å²) in [6, 6.07) is 3.89. The average Bonchev–Trinajstić information content (AvgIpc) is 3.07. The summed E-state index contributed by atoms with van der Waals surface area (Å²) >= 11 is 1.47. The van der Waals surface area contributed by atoms with Crippen LogP contribution in [0.1, 0.15) is 17.5 Å². The van der Waals surface area contributed by atoms with E-state index in [1.165, 1.54) is 11.3 Å². The number of aliphatic hydroxyl groups excluding tert-OH is 1. The zero-order valence-corrected chi connectivity index (χ0v) is 16.7. The molecule has 0 saturated heterocycles. The molecule has 2 aromatic heterocycles. The topological polar surface area (TPSA) is 67.3 Å². The molecule has 2 rings (SSSR count). The highest BCUT2D eigenvalue weighted by Crippen LogP contribution is 2.07. The number of allylic oxidation sites excluding steroid dienone is 4. The molecule has 0 fully saturated rings. The lowest BCUT2D eigenvalue weighted by Gasteiger charge is -2.08. The molecule has 0 aliphatic rings. The van der Waals surface area contributed by atoms with Crippen molar-refractivity contribution < 1.29 is 14.2 Å². The van der Waals surface area contributed by atoms with Crippen LogP contribution in [0.2, 0.25) is 0 Å². The van der Waals surface area contributed by atoms with Gasteiger partial charge < -0.3 is 15.2 Å². The Kier molecular flexibility index (Phi) is 8.58. The second kappa shape index (κ2) is 11.2. The molecule has 0 aromatic carbocycles. The van der Waals surface area contributed by atoms with Crippen molar-refractivity contribution in [2.45, 2.75) is 13.0 Å². The van der Waals surface area contributed by atoms with Gasteiger partial charge in [-0.05, 0) is 42.8 Å². The smallest absolute Gasteiger partial charge is 0.125 e. The van der Waals surface area contributed by atoms with Gasteiger partial charge in [-0.25, -0.2) is 14.4 Å². The summed E-state index contributed by atoms with van der Waals surface area (Å²) in [6.45, 7) is 4.81. The van der Waals surface area contributed by atoms with Crippen molar-refractivity contribution in [1.82, 2.24) is 9.97 Å². The van der Waals surface area contributed by atoms with E-state index in [0.29, 0.717) is 11.1 Å². The first kappa shape index (κ1) is 21.5. The summed E-state index contributed by atoms with van der Waals surface area (Å²) in [6.07, 6.45) is 11.9. The summed E-state index contributed by atoms with van der Waals surface area (Å²) in [5, 5.41) is 13.7. The van der Waals surface area contributed by atoms with Crippen molar-refractivity contribution in [1.29, 1.82) is 0 Å². The van der Waals surface area contributed by atoms with Gasteiger partial charge in [-0.2, -0.15) is 0 Å². The molecule has 1 atom stereocenters. The van der Waals surface area contributed by atoms with Gasteiger partial charge in [0.15, 0.2) is 0 Å². The molecule has 0 amide bonds. The normalized spacial score (nSPS) is 14.1. The molecule has 0 aliphatic heterocycles. The molecule has 2 N–H and O–H groups in total. The number of aliphatic hydroxyl groups is 1. The second-order valence-electron chi connectivity index (χ2n) is 5.76. The minimum Gasteiger partial charge on any atom is -0.491 e.